The van der Waals surface area contributed by atoms with Gasteiger partial charge >= 0.3 is 5.97 Å². The third-order valence-corrected chi connectivity index (χ3v) is 3.63. The lowest BCUT2D eigenvalue weighted by atomic mass is 10.2. The summed E-state index contributed by atoms with van der Waals surface area (Å²) in [6.45, 7) is 2.11. The van der Waals surface area contributed by atoms with E-state index >= 15 is 0 Å². The van der Waals surface area contributed by atoms with Crippen molar-refractivity contribution in [2.24, 2.45) is 0 Å². The Morgan fingerprint density at radius 3 is 2.75 bits per heavy atom. The number of anilines is 1. The molecule has 1 rings (SSSR count). The number of hydrogen-bond acceptors (Lipinski definition) is 4. The number of thioether (sulfide) groups is 1. The lowest BCUT2D eigenvalue weighted by Gasteiger charge is -2.09. The SMILES string of the molecule is CCCCSCC(=O)Nc1ccc(C(=O)O)c(OC)c1. The van der Waals surface area contributed by atoms with Gasteiger partial charge in [0.2, 0.25) is 5.91 Å². The molecule has 0 bridgehead atoms. The minimum Gasteiger partial charge on any atom is -0.496 e. The fourth-order valence-corrected chi connectivity index (χ4v) is 2.45. The van der Waals surface area contributed by atoms with Crippen LogP contribution in [0.3, 0.4) is 0 Å². The van der Waals surface area contributed by atoms with E-state index in [9.17, 15) is 9.59 Å². The summed E-state index contributed by atoms with van der Waals surface area (Å²) in [5, 5.41) is 11.7. The predicted octanol–water partition coefficient (Wildman–Crippen LogP) is 2.87. The van der Waals surface area contributed by atoms with Crippen LogP contribution in [0.2, 0.25) is 0 Å². The summed E-state index contributed by atoms with van der Waals surface area (Å²) < 4.78 is 5.00. The molecule has 5 nitrogen and oxygen atoms in total. The minimum atomic E-state index is -1.06. The van der Waals surface area contributed by atoms with Crippen LogP contribution in [0.25, 0.3) is 0 Å². The quantitative estimate of drug-likeness (QED) is 0.722. The molecule has 1 aromatic carbocycles. The van der Waals surface area contributed by atoms with Crippen LogP contribution in [0, 0.1) is 0 Å². The van der Waals surface area contributed by atoms with E-state index in [0.29, 0.717) is 11.4 Å². The Hall–Kier alpha value is -1.69. The highest BCUT2D eigenvalue weighted by molar-refractivity contribution is 7.99. The van der Waals surface area contributed by atoms with Crippen molar-refractivity contribution in [2.45, 2.75) is 19.8 Å². The molecule has 0 heterocycles. The summed E-state index contributed by atoms with van der Waals surface area (Å²) in [6, 6.07) is 4.49. The predicted molar refractivity (Wildman–Crippen MR) is 80.8 cm³/mol. The first-order valence-electron chi connectivity index (χ1n) is 6.37. The van der Waals surface area contributed by atoms with Crippen LogP contribution >= 0.6 is 11.8 Å². The number of carbonyl (C=O) groups is 2. The largest absolute Gasteiger partial charge is 0.496 e. The number of ether oxygens (including phenoxy) is 1. The Kier molecular flexibility index (Phi) is 6.93. The number of unbranched alkanes of at least 4 members (excludes halogenated alkanes) is 1. The first-order chi connectivity index (χ1) is 9.58. The molecule has 20 heavy (non-hydrogen) atoms. The molecule has 110 valence electrons. The molecule has 0 aliphatic rings. The summed E-state index contributed by atoms with van der Waals surface area (Å²) >= 11 is 1.59. The third kappa shape index (κ3) is 5.13. The number of carbonyl (C=O) groups excluding carboxylic acids is 1. The second-order valence-electron chi connectivity index (χ2n) is 4.17. The van der Waals surface area contributed by atoms with Gasteiger partial charge in [-0.25, -0.2) is 4.79 Å². The van der Waals surface area contributed by atoms with Crippen molar-refractivity contribution in [2.75, 3.05) is 23.9 Å². The number of carboxylic acid groups (broad SMARTS) is 1. The lowest BCUT2D eigenvalue weighted by molar-refractivity contribution is -0.113. The van der Waals surface area contributed by atoms with Gasteiger partial charge in [-0.15, -0.1) is 0 Å². The second kappa shape index (κ2) is 8.47. The first kappa shape index (κ1) is 16.4. The molecule has 0 spiro atoms. The van der Waals surface area contributed by atoms with E-state index < -0.39 is 5.97 Å². The van der Waals surface area contributed by atoms with Gasteiger partial charge in [0.05, 0.1) is 12.9 Å². The number of nitrogens with one attached hydrogen (secondary N) is 1. The van der Waals surface area contributed by atoms with Gasteiger partial charge in [0, 0.05) is 11.8 Å². The van der Waals surface area contributed by atoms with Crippen LogP contribution in [0.5, 0.6) is 5.75 Å². The van der Waals surface area contributed by atoms with Gasteiger partial charge in [-0.2, -0.15) is 11.8 Å². The third-order valence-electron chi connectivity index (χ3n) is 2.59. The summed E-state index contributed by atoms with van der Waals surface area (Å²) in [6.07, 6.45) is 2.21. The van der Waals surface area contributed by atoms with Crippen molar-refractivity contribution in [1.82, 2.24) is 0 Å². The van der Waals surface area contributed by atoms with Crippen LogP contribution in [-0.4, -0.2) is 35.6 Å². The molecule has 0 atom stereocenters. The maximum atomic E-state index is 11.7. The number of methoxy groups -OCH3 is 1. The zero-order valence-electron chi connectivity index (χ0n) is 11.6. The summed E-state index contributed by atoms with van der Waals surface area (Å²) in [5.74, 6) is 0.425. The topological polar surface area (TPSA) is 75.6 Å². The van der Waals surface area contributed by atoms with E-state index in [1.54, 1.807) is 17.8 Å². The zero-order chi connectivity index (χ0) is 15.0. The molecule has 0 radical (unpaired) electrons. The van der Waals surface area contributed by atoms with Gasteiger partial charge in [0.15, 0.2) is 0 Å². The molecule has 0 saturated heterocycles. The average molecular weight is 297 g/mol. The molecule has 0 aromatic heterocycles. The van der Waals surface area contributed by atoms with Gasteiger partial charge < -0.3 is 15.2 Å². The van der Waals surface area contributed by atoms with Gasteiger partial charge in [-0.3, -0.25) is 4.79 Å². The molecule has 0 fully saturated rings. The molecular formula is C14H19NO4S. The molecule has 1 amide bonds. The lowest BCUT2D eigenvalue weighted by Crippen LogP contribution is -2.14. The van der Waals surface area contributed by atoms with E-state index in [0.717, 1.165) is 18.6 Å². The number of aromatic carboxylic acids is 1. The number of amides is 1. The molecule has 0 unspecified atom stereocenters. The second-order valence-corrected chi connectivity index (χ2v) is 5.28. The molecule has 0 aliphatic carbocycles. The van der Waals surface area contributed by atoms with E-state index in [1.807, 2.05) is 0 Å². The van der Waals surface area contributed by atoms with E-state index in [4.69, 9.17) is 9.84 Å². The van der Waals surface area contributed by atoms with Gasteiger partial charge in [-0.1, -0.05) is 13.3 Å². The van der Waals surface area contributed by atoms with Gasteiger partial charge in [0.25, 0.3) is 0 Å². The highest BCUT2D eigenvalue weighted by Gasteiger charge is 2.12. The number of hydrogen-bond donors (Lipinski definition) is 2. The smallest absolute Gasteiger partial charge is 0.339 e. The Labute approximate surface area is 122 Å². The molecule has 6 heteroatoms. The normalized spacial score (nSPS) is 10.1. The van der Waals surface area contributed by atoms with Crippen molar-refractivity contribution < 1.29 is 19.4 Å². The Bertz CT molecular complexity index is 476. The van der Waals surface area contributed by atoms with Crippen molar-refractivity contribution in [3.63, 3.8) is 0 Å². The van der Waals surface area contributed by atoms with E-state index in [1.165, 1.54) is 19.2 Å². The molecule has 2 N–H and O–H groups in total. The van der Waals surface area contributed by atoms with Crippen molar-refractivity contribution in [3.8, 4) is 5.75 Å². The van der Waals surface area contributed by atoms with E-state index in [-0.39, 0.29) is 17.2 Å². The van der Waals surface area contributed by atoms with Crippen molar-refractivity contribution in [3.05, 3.63) is 23.8 Å². The van der Waals surface area contributed by atoms with Crippen LogP contribution in [0.15, 0.2) is 18.2 Å². The van der Waals surface area contributed by atoms with E-state index in [2.05, 4.69) is 12.2 Å². The Morgan fingerprint density at radius 1 is 1.40 bits per heavy atom. The molecular weight excluding hydrogens is 278 g/mol. The zero-order valence-corrected chi connectivity index (χ0v) is 12.5. The van der Waals surface area contributed by atoms with Crippen LogP contribution < -0.4 is 10.1 Å². The Morgan fingerprint density at radius 2 is 2.15 bits per heavy atom. The molecule has 1 aromatic rings. The standard InChI is InChI=1S/C14H19NO4S/c1-3-4-7-20-9-13(16)15-10-5-6-11(14(17)18)12(8-10)19-2/h5-6,8H,3-4,7,9H2,1-2H3,(H,15,16)(H,17,18). The number of rotatable bonds is 8. The summed E-state index contributed by atoms with van der Waals surface area (Å²) in [5.41, 5.74) is 0.607. The van der Waals surface area contributed by atoms with Gasteiger partial charge in [-0.05, 0) is 24.3 Å². The summed E-state index contributed by atoms with van der Waals surface area (Å²) in [4.78, 5) is 22.7. The molecule has 0 saturated carbocycles. The first-order valence-corrected chi connectivity index (χ1v) is 7.52. The van der Waals surface area contributed by atoms with Crippen LogP contribution in [-0.2, 0) is 4.79 Å². The van der Waals surface area contributed by atoms with Crippen LogP contribution in [0.1, 0.15) is 30.1 Å². The minimum absolute atomic E-state index is 0.0721. The number of carboxylic acids is 1. The fourth-order valence-electron chi connectivity index (χ4n) is 1.55. The summed E-state index contributed by atoms with van der Waals surface area (Å²) in [7, 11) is 1.40. The maximum Gasteiger partial charge on any atom is 0.339 e. The fraction of sp³-hybridized carbons (Fsp3) is 0.429. The van der Waals surface area contributed by atoms with Crippen LogP contribution in [0.4, 0.5) is 5.69 Å². The van der Waals surface area contributed by atoms with Crippen molar-refractivity contribution in [1.29, 1.82) is 0 Å². The van der Waals surface area contributed by atoms with Crippen molar-refractivity contribution >= 4 is 29.3 Å². The number of benzene rings is 1. The highest BCUT2D eigenvalue weighted by atomic mass is 32.2. The maximum absolute atomic E-state index is 11.7. The monoisotopic (exact) mass is 297 g/mol. The average Bonchev–Trinajstić information content (AvgIpc) is 2.43. The Balaban J connectivity index is 2.59. The highest BCUT2D eigenvalue weighted by Crippen LogP contribution is 2.23. The van der Waals surface area contributed by atoms with Gasteiger partial charge in [0.1, 0.15) is 11.3 Å². The molecule has 0 aliphatic heterocycles.